The van der Waals surface area contributed by atoms with E-state index in [1.54, 1.807) is 19.1 Å². The van der Waals surface area contributed by atoms with E-state index in [4.69, 9.17) is 0 Å². The van der Waals surface area contributed by atoms with Crippen molar-refractivity contribution < 1.29 is 17.9 Å². The number of nitrogens with one attached hydrogen (secondary N) is 2. The molecule has 94 valence electrons. The first kappa shape index (κ1) is 13.9. The van der Waals surface area contributed by atoms with Crippen molar-refractivity contribution in [2.45, 2.75) is 11.8 Å². The number of hydrazine groups is 1. The van der Waals surface area contributed by atoms with Crippen LogP contribution in [-0.2, 0) is 14.8 Å². The smallest absolute Gasteiger partial charge is 0.422 e. The Morgan fingerprint density at radius 1 is 1.47 bits per heavy atom. The minimum atomic E-state index is -3.79. The summed E-state index contributed by atoms with van der Waals surface area (Å²) < 4.78 is 28.5. The van der Waals surface area contributed by atoms with Crippen molar-refractivity contribution in [2.24, 2.45) is 0 Å². The molecule has 1 aromatic carbocycles. The average Bonchev–Trinajstić information content (AvgIpc) is 2.27. The molecular weight excluding hydrogens is 312 g/mol. The Kier molecular flexibility index (Phi) is 4.91. The highest BCUT2D eigenvalue weighted by atomic mass is 79.9. The fourth-order valence-corrected chi connectivity index (χ4v) is 2.40. The van der Waals surface area contributed by atoms with E-state index in [2.05, 4.69) is 20.7 Å². The fraction of sp³-hybridized carbons (Fsp3) is 0.222. The molecule has 1 amide bonds. The van der Waals surface area contributed by atoms with Gasteiger partial charge in [-0.25, -0.2) is 18.6 Å². The van der Waals surface area contributed by atoms with E-state index in [-0.39, 0.29) is 11.5 Å². The summed E-state index contributed by atoms with van der Waals surface area (Å²) in [6.07, 6.45) is -0.855. The van der Waals surface area contributed by atoms with Crippen LogP contribution in [-0.4, -0.2) is 21.1 Å². The standard InChI is InChI=1S/C9H11BrN2O4S/c1-2-16-9(13)11-12-17(14,15)8-5-3-4-7(10)6-8/h3-6,12H,2H2,1H3,(H,11,13). The lowest BCUT2D eigenvalue weighted by Crippen LogP contribution is -2.41. The van der Waals surface area contributed by atoms with Gasteiger partial charge in [0.25, 0.3) is 10.0 Å². The first-order valence-electron chi connectivity index (χ1n) is 4.66. The number of amides is 1. The number of hydrogen-bond donors (Lipinski definition) is 2. The quantitative estimate of drug-likeness (QED) is 0.820. The molecule has 1 aromatic rings. The van der Waals surface area contributed by atoms with Gasteiger partial charge >= 0.3 is 6.09 Å². The molecule has 0 aliphatic rings. The molecular formula is C9H11BrN2O4S. The van der Waals surface area contributed by atoms with Crippen LogP contribution in [0.1, 0.15) is 6.92 Å². The lowest BCUT2D eigenvalue weighted by atomic mass is 10.4. The van der Waals surface area contributed by atoms with Gasteiger partial charge in [0.1, 0.15) is 0 Å². The van der Waals surface area contributed by atoms with Crippen LogP contribution in [0, 0.1) is 0 Å². The Hall–Kier alpha value is -1.12. The lowest BCUT2D eigenvalue weighted by Gasteiger charge is -2.08. The molecule has 6 nitrogen and oxygen atoms in total. The van der Waals surface area contributed by atoms with Crippen LogP contribution < -0.4 is 10.3 Å². The van der Waals surface area contributed by atoms with Crippen LogP contribution in [0.5, 0.6) is 0 Å². The third-order valence-corrected chi connectivity index (χ3v) is 3.41. The summed E-state index contributed by atoms with van der Waals surface area (Å²) >= 11 is 3.16. The van der Waals surface area contributed by atoms with Crippen LogP contribution >= 0.6 is 15.9 Å². The van der Waals surface area contributed by atoms with Gasteiger partial charge < -0.3 is 4.74 Å². The number of sulfonamides is 1. The first-order chi connectivity index (χ1) is 7.95. The van der Waals surface area contributed by atoms with E-state index in [1.807, 2.05) is 10.3 Å². The van der Waals surface area contributed by atoms with E-state index in [9.17, 15) is 13.2 Å². The Morgan fingerprint density at radius 3 is 2.76 bits per heavy atom. The molecule has 0 spiro atoms. The second-order valence-electron chi connectivity index (χ2n) is 2.91. The summed E-state index contributed by atoms with van der Waals surface area (Å²) in [7, 11) is -3.79. The Balaban J connectivity index is 2.73. The zero-order valence-corrected chi connectivity index (χ0v) is 11.3. The number of ether oxygens (including phenoxy) is 1. The molecule has 0 atom stereocenters. The number of benzene rings is 1. The molecule has 0 saturated heterocycles. The number of halogens is 1. The Morgan fingerprint density at radius 2 is 2.18 bits per heavy atom. The minimum Gasteiger partial charge on any atom is -0.449 e. The molecule has 0 saturated carbocycles. The first-order valence-corrected chi connectivity index (χ1v) is 6.93. The molecule has 0 aromatic heterocycles. The van der Waals surface area contributed by atoms with Crippen molar-refractivity contribution in [2.75, 3.05) is 6.61 Å². The Labute approximate surface area is 107 Å². The second kappa shape index (κ2) is 5.99. The van der Waals surface area contributed by atoms with E-state index in [0.29, 0.717) is 4.47 Å². The highest BCUT2D eigenvalue weighted by Crippen LogP contribution is 2.15. The third kappa shape index (κ3) is 4.33. The van der Waals surface area contributed by atoms with Gasteiger partial charge in [-0.3, -0.25) is 0 Å². The SMILES string of the molecule is CCOC(=O)NNS(=O)(=O)c1cccc(Br)c1. The van der Waals surface area contributed by atoms with Crippen molar-refractivity contribution >= 4 is 32.0 Å². The van der Waals surface area contributed by atoms with Gasteiger partial charge in [0.2, 0.25) is 0 Å². The van der Waals surface area contributed by atoms with Crippen LogP contribution in [0.25, 0.3) is 0 Å². The summed E-state index contributed by atoms with van der Waals surface area (Å²) in [5, 5.41) is 0. The zero-order valence-electron chi connectivity index (χ0n) is 8.94. The number of carbonyl (C=O) groups is 1. The van der Waals surface area contributed by atoms with Crippen LogP contribution in [0.15, 0.2) is 33.6 Å². The monoisotopic (exact) mass is 322 g/mol. The molecule has 8 heteroatoms. The molecule has 17 heavy (non-hydrogen) atoms. The van der Waals surface area contributed by atoms with Gasteiger partial charge in [0.15, 0.2) is 0 Å². The molecule has 0 unspecified atom stereocenters. The lowest BCUT2D eigenvalue weighted by molar-refractivity contribution is 0.150. The van der Waals surface area contributed by atoms with Gasteiger partial charge in [0.05, 0.1) is 11.5 Å². The highest BCUT2D eigenvalue weighted by Gasteiger charge is 2.15. The summed E-state index contributed by atoms with van der Waals surface area (Å²) in [6, 6.07) is 6.08. The predicted octanol–water partition coefficient (Wildman–Crippen LogP) is 1.39. The summed E-state index contributed by atoms with van der Waals surface area (Å²) in [5.41, 5.74) is 1.93. The normalized spacial score (nSPS) is 10.9. The molecule has 0 heterocycles. The maximum atomic E-state index is 11.7. The molecule has 0 aliphatic heterocycles. The number of hydrogen-bond acceptors (Lipinski definition) is 4. The molecule has 2 N–H and O–H groups in total. The molecule has 0 radical (unpaired) electrons. The molecule has 1 rings (SSSR count). The van der Waals surface area contributed by atoms with E-state index in [0.717, 1.165) is 0 Å². The fourth-order valence-electron chi connectivity index (χ4n) is 0.969. The zero-order chi connectivity index (χ0) is 12.9. The van der Waals surface area contributed by atoms with Crippen molar-refractivity contribution in [3.8, 4) is 0 Å². The van der Waals surface area contributed by atoms with Gasteiger partial charge in [-0.15, -0.1) is 4.83 Å². The molecule has 0 fully saturated rings. The predicted molar refractivity (Wildman–Crippen MR) is 64.6 cm³/mol. The van der Waals surface area contributed by atoms with Gasteiger partial charge in [-0.2, -0.15) is 0 Å². The summed E-state index contributed by atoms with van der Waals surface area (Å²) in [5.74, 6) is 0. The van der Waals surface area contributed by atoms with Crippen molar-refractivity contribution in [1.29, 1.82) is 0 Å². The van der Waals surface area contributed by atoms with E-state index < -0.39 is 16.1 Å². The van der Waals surface area contributed by atoms with Crippen LogP contribution in [0.3, 0.4) is 0 Å². The maximum absolute atomic E-state index is 11.7. The third-order valence-electron chi connectivity index (χ3n) is 1.67. The summed E-state index contributed by atoms with van der Waals surface area (Å²) in [4.78, 5) is 12.9. The van der Waals surface area contributed by atoms with Crippen molar-refractivity contribution in [3.05, 3.63) is 28.7 Å². The van der Waals surface area contributed by atoms with Gasteiger partial charge in [-0.1, -0.05) is 22.0 Å². The summed E-state index contributed by atoms with van der Waals surface area (Å²) in [6.45, 7) is 1.77. The Bertz CT molecular complexity index is 503. The highest BCUT2D eigenvalue weighted by molar-refractivity contribution is 9.10. The molecule has 0 bridgehead atoms. The van der Waals surface area contributed by atoms with Crippen molar-refractivity contribution in [1.82, 2.24) is 10.3 Å². The minimum absolute atomic E-state index is 0.0312. The van der Waals surface area contributed by atoms with E-state index in [1.165, 1.54) is 12.1 Å². The molecule has 0 aliphatic carbocycles. The largest absolute Gasteiger partial charge is 0.449 e. The second-order valence-corrected chi connectivity index (χ2v) is 5.51. The maximum Gasteiger partial charge on any atom is 0.422 e. The number of rotatable bonds is 4. The van der Waals surface area contributed by atoms with Gasteiger partial charge in [-0.05, 0) is 25.1 Å². The van der Waals surface area contributed by atoms with Crippen LogP contribution in [0.2, 0.25) is 0 Å². The number of carbonyl (C=O) groups excluding carboxylic acids is 1. The van der Waals surface area contributed by atoms with E-state index >= 15 is 0 Å². The van der Waals surface area contributed by atoms with Crippen LogP contribution in [0.4, 0.5) is 4.79 Å². The average molecular weight is 323 g/mol. The topological polar surface area (TPSA) is 84.5 Å². The van der Waals surface area contributed by atoms with Crippen molar-refractivity contribution in [3.63, 3.8) is 0 Å². The van der Waals surface area contributed by atoms with Gasteiger partial charge in [0, 0.05) is 4.47 Å².